The first kappa shape index (κ1) is 13.2. The Hall–Kier alpha value is -1.75. The summed E-state index contributed by atoms with van der Waals surface area (Å²) in [5, 5.41) is 7.51. The molecule has 20 heavy (non-hydrogen) atoms. The molecule has 1 fully saturated rings. The Bertz CT molecular complexity index is 587. The number of aryl methyl sites for hydroxylation is 1. The lowest BCUT2D eigenvalue weighted by molar-refractivity contribution is 0.241. The van der Waals surface area contributed by atoms with Gasteiger partial charge in [0.1, 0.15) is 5.69 Å². The molecular weight excluding hydrogens is 252 g/mol. The number of hydrogen-bond donors (Lipinski definition) is 1. The van der Waals surface area contributed by atoms with Crippen LogP contribution >= 0.6 is 0 Å². The van der Waals surface area contributed by atoms with E-state index in [1.165, 1.54) is 0 Å². The largest absolute Gasteiger partial charge is 0.338 e. The maximum Gasteiger partial charge on any atom is 0.233 e. The van der Waals surface area contributed by atoms with Gasteiger partial charge in [-0.25, -0.2) is 0 Å². The molecule has 0 amide bonds. The highest BCUT2D eigenvalue weighted by atomic mass is 16.5. The molecule has 0 spiro atoms. The van der Waals surface area contributed by atoms with Gasteiger partial charge in [-0.1, -0.05) is 25.1 Å². The topological polar surface area (TPSA) is 63.8 Å². The molecule has 1 aliphatic heterocycles. The first-order valence-electron chi connectivity index (χ1n) is 7.22. The number of pyridine rings is 1. The zero-order chi connectivity index (χ0) is 14.0. The average Bonchev–Trinajstić information content (AvgIpc) is 2.98. The number of nitrogens with zero attached hydrogens (tertiary/aromatic N) is 3. The molecule has 1 N–H and O–H groups in total. The van der Waals surface area contributed by atoms with Gasteiger partial charge in [0.25, 0.3) is 0 Å². The molecular formula is C15H20N4O. The molecule has 1 aliphatic rings. The summed E-state index contributed by atoms with van der Waals surface area (Å²) in [5.41, 5.74) is 1.97. The molecule has 2 aromatic rings. The summed E-state index contributed by atoms with van der Waals surface area (Å²) in [5.74, 6) is 1.35. The SMILES string of the molecule is CCc1cccnc1-c1noc(C2(C)CCNCC2)n1. The van der Waals surface area contributed by atoms with Gasteiger partial charge >= 0.3 is 0 Å². The standard InChI is InChI=1S/C15H20N4O/c1-3-11-5-4-8-17-12(11)13-18-14(20-19-13)15(2)6-9-16-10-7-15/h4-5,8,16H,3,6-7,9-10H2,1-2H3. The zero-order valence-corrected chi connectivity index (χ0v) is 12.0. The van der Waals surface area contributed by atoms with E-state index in [4.69, 9.17) is 4.52 Å². The summed E-state index contributed by atoms with van der Waals surface area (Å²) < 4.78 is 5.53. The summed E-state index contributed by atoms with van der Waals surface area (Å²) in [6.07, 6.45) is 4.74. The van der Waals surface area contributed by atoms with E-state index < -0.39 is 0 Å². The average molecular weight is 272 g/mol. The number of piperidine rings is 1. The van der Waals surface area contributed by atoms with Crippen molar-refractivity contribution in [1.29, 1.82) is 0 Å². The van der Waals surface area contributed by atoms with Crippen LogP contribution in [0.15, 0.2) is 22.9 Å². The maximum absolute atomic E-state index is 5.53. The van der Waals surface area contributed by atoms with E-state index in [0.717, 1.165) is 49.5 Å². The molecule has 0 radical (unpaired) electrons. The third-order valence-electron chi connectivity index (χ3n) is 4.13. The number of nitrogens with one attached hydrogen (secondary N) is 1. The lowest BCUT2D eigenvalue weighted by Gasteiger charge is -2.30. The molecule has 3 rings (SSSR count). The molecule has 0 aromatic carbocycles. The Morgan fingerprint density at radius 3 is 2.90 bits per heavy atom. The van der Waals surface area contributed by atoms with Crippen LogP contribution in [0.5, 0.6) is 0 Å². The van der Waals surface area contributed by atoms with Crippen LogP contribution in [-0.4, -0.2) is 28.2 Å². The van der Waals surface area contributed by atoms with Crippen LogP contribution in [0.1, 0.15) is 38.1 Å². The van der Waals surface area contributed by atoms with Crippen molar-refractivity contribution in [2.45, 2.75) is 38.5 Å². The van der Waals surface area contributed by atoms with E-state index in [1.807, 2.05) is 6.07 Å². The van der Waals surface area contributed by atoms with Crippen molar-refractivity contribution in [3.8, 4) is 11.5 Å². The smallest absolute Gasteiger partial charge is 0.233 e. The molecule has 0 bridgehead atoms. The molecule has 5 heteroatoms. The van der Waals surface area contributed by atoms with Gasteiger partial charge in [-0.2, -0.15) is 4.98 Å². The monoisotopic (exact) mass is 272 g/mol. The Morgan fingerprint density at radius 1 is 1.35 bits per heavy atom. The van der Waals surface area contributed by atoms with Crippen LogP contribution in [0.4, 0.5) is 0 Å². The van der Waals surface area contributed by atoms with Gasteiger partial charge in [-0.3, -0.25) is 4.98 Å². The minimum absolute atomic E-state index is 0.0162. The first-order valence-corrected chi connectivity index (χ1v) is 7.22. The molecule has 0 saturated carbocycles. The van der Waals surface area contributed by atoms with Crippen LogP contribution in [0.3, 0.4) is 0 Å². The first-order chi connectivity index (χ1) is 9.73. The third-order valence-corrected chi connectivity index (χ3v) is 4.13. The summed E-state index contributed by atoms with van der Waals surface area (Å²) in [6, 6.07) is 4.00. The van der Waals surface area contributed by atoms with Gasteiger partial charge < -0.3 is 9.84 Å². The summed E-state index contributed by atoms with van der Waals surface area (Å²) in [4.78, 5) is 9.02. The highest BCUT2D eigenvalue weighted by Gasteiger charge is 2.34. The molecule has 106 valence electrons. The van der Waals surface area contributed by atoms with E-state index in [0.29, 0.717) is 5.82 Å². The van der Waals surface area contributed by atoms with Gasteiger partial charge in [-0.15, -0.1) is 0 Å². The lowest BCUT2D eigenvalue weighted by atomic mass is 9.81. The fraction of sp³-hybridized carbons (Fsp3) is 0.533. The van der Waals surface area contributed by atoms with Crippen molar-refractivity contribution in [3.63, 3.8) is 0 Å². The normalized spacial score (nSPS) is 18.1. The van der Waals surface area contributed by atoms with Gasteiger partial charge in [0.2, 0.25) is 11.7 Å². The number of hydrogen-bond acceptors (Lipinski definition) is 5. The summed E-state index contributed by atoms with van der Waals surface area (Å²) in [7, 11) is 0. The summed E-state index contributed by atoms with van der Waals surface area (Å²) in [6.45, 7) is 6.30. The molecule has 0 atom stereocenters. The van der Waals surface area contributed by atoms with Gasteiger partial charge in [0, 0.05) is 11.6 Å². The van der Waals surface area contributed by atoms with Gasteiger partial charge in [-0.05, 0) is 44.0 Å². The zero-order valence-electron chi connectivity index (χ0n) is 12.0. The van der Waals surface area contributed by atoms with Crippen LogP contribution in [0.25, 0.3) is 11.5 Å². The highest BCUT2D eigenvalue weighted by Crippen LogP contribution is 2.32. The molecule has 2 aromatic heterocycles. The summed E-state index contributed by atoms with van der Waals surface area (Å²) >= 11 is 0. The van der Waals surface area contributed by atoms with E-state index in [9.17, 15) is 0 Å². The quantitative estimate of drug-likeness (QED) is 0.929. The minimum Gasteiger partial charge on any atom is -0.338 e. The Balaban J connectivity index is 1.94. The second-order valence-corrected chi connectivity index (χ2v) is 5.60. The van der Waals surface area contributed by atoms with E-state index in [2.05, 4.69) is 40.4 Å². The van der Waals surface area contributed by atoms with Crippen molar-refractivity contribution in [2.24, 2.45) is 0 Å². The third kappa shape index (κ3) is 2.33. The van der Waals surface area contributed by atoms with Crippen molar-refractivity contribution in [2.75, 3.05) is 13.1 Å². The fourth-order valence-electron chi connectivity index (χ4n) is 2.68. The predicted molar refractivity (Wildman–Crippen MR) is 76.4 cm³/mol. The van der Waals surface area contributed by atoms with Gasteiger partial charge in [0.05, 0.1) is 0 Å². The Kier molecular flexibility index (Phi) is 3.53. The number of aromatic nitrogens is 3. The van der Waals surface area contributed by atoms with Gasteiger partial charge in [0.15, 0.2) is 0 Å². The van der Waals surface area contributed by atoms with E-state index in [1.54, 1.807) is 6.20 Å². The second kappa shape index (κ2) is 5.32. The van der Waals surface area contributed by atoms with Crippen molar-refractivity contribution < 1.29 is 4.52 Å². The Labute approximate surface area is 118 Å². The molecule has 0 aliphatic carbocycles. The molecule has 0 unspecified atom stereocenters. The molecule has 1 saturated heterocycles. The highest BCUT2D eigenvalue weighted by molar-refractivity contribution is 5.53. The van der Waals surface area contributed by atoms with Crippen LogP contribution in [-0.2, 0) is 11.8 Å². The molecule has 3 heterocycles. The van der Waals surface area contributed by atoms with Crippen molar-refractivity contribution in [1.82, 2.24) is 20.4 Å². The number of rotatable bonds is 3. The Morgan fingerprint density at radius 2 is 2.15 bits per heavy atom. The predicted octanol–water partition coefficient (Wildman–Crippen LogP) is 2.34. The van der Waals surface area contributed by atoms with Crippen molar-refractivity contribution >= 4 is 0 Å². The van der Waals surface area contributed by atoms with Crippen LogP contribution in [0, 0.1) is 0 Å². The fourth-order valence-corrected chi connectivity index (χ4v) is 2.68. The van der Waals surface area contributed by atoms with Crippen molar-refractivity contribution in [3.05, 3.63) is 29.8 Å². The second-order valence-electron chi connectivity index (χ2n) is 5.60. The maximum atomic E-state index is 5.53. The van der Waals surface area contributed by atoms with Crippen LogP contribution < -0.4 is 5.32 Å². The van der Waals surface area contributed by atoms with E-state index in [-0.39, 0.29) is 5.41 Å². The lowest BCUT2D eigenvalue weighted by Crippen LogP contribution is -2.37. The van der Waals surface area contributed by atoms with E-state index >= 15 is 0 Å². The van der Waals surface area contributed by atoms with Crippen LogP contribution in [0.2, 0.25) is 0 Å². The molecule has 5 nitrogen and oxygen atoms in total. The minimum atomic E-state index is -0.0162.